The van der Waals surface area contributed by atoms with Crippen molar-refractivity contribution in [2.24, 2.45) is 0 Å². The Morgan fingerprint density at radius 1 is 1.42 bits per heavy atom. The zero-order valence-electron chi connectivity index (χ0n) is 13.8. The molecule has 2 aromatic heterocycles. The van der Waals surface area contributed by atoms with Crippen LogP contribution < -0.4 is 0 Å². The van der Waals surface area contributed by atoms with E-state index in [1.807, 2.05) is 12.1 Å². The number of hydrogen-bond acceptors (Lipinski definition) is 8. The molecule has 1 aliphatic rings. The molecule has 0 aromatic carbocycles. The summed E-state index contributed by atoms with van der Waals surface area (Å²) in [4.78, 5) is 2.27. The standard InChI is InChI=1S/C15H21N3O4S2/c1-21-10-13-6-5-12(22-13)9-18-7-3-4-11(8-18)14-15(23-17-16-14)24(2,19)20/h5-6,11H,3-4,7-10H2,1-2H3/t11-/m1/s1. The van der Waals surface area contributed by atoms with Crippen molar-refractivity contribution in [2.75, 3.05) is 26.5 Å². The Kier molecular flexibility index (Phi) is 5.33. The van der Waals surface area contributed by atoms with Crippen LogP contribution in [-0.4, -0.2) is 49.4 Å². The quantitative estimate of drug-likeness (QED) is 0.768. The number of ether oxygens (including phenoxy) is 1. The Morgan fingerprint density at radius 3 is 2.96 bits per heavy atom. The molecule has 0 radical (unpaired) electrons. The zero-order chi connectivity index (χ0) is 17.2. The third-order valence-electron chi connectivity index (χ3n) is 4.09. The second-order valence-corrected chi connectivity index (χ2v) is 9.06. The number of furan rings is 1. The van der Waals surface area contributed by atoms with Crippen molar-refractivity contribution >= 4 is 21.4 Å². The number of aromatic nitrogens is 2. The molecular formula is C15H21N3O4S2. The highest BCUT2D eigenvalue weighted by Gasteiger charge is 2.29. The minimum absolute atomic E-state index is 0.0932. The molecule has 0 N–H and O–H groups in total. The maximum absolute atomic E-state index is 11.9. The van der Waals surface area contributed by atoms with E-state index in [-0.39, 0.29) is 5.92 Å². The van der Waals surface area contributed by atoms with Crippen molar-refractivity contribution in [1.82, 2.24) is 14.5 Å². The summed E-state index contributed by atoms with van der Waals surface area (Å²) in [6.45, 7) is 2.88. The molecule has 3 heterocycles. The molecule has 3 rings (SSSR count). The van der Waals surface area contributed by atoms with Gasteiger partial charge in [-0.3, -0.25) is 4.90 Å². The molecule has 132 valence electrons. The second kappa shape index (κ2) is 7.30. The van der Waals surface area contributed by atoms with E-state index in [0.717, 1.165) is 49.0 Å². The van der Waals surface area contributed by atoms with E-state index in [0.29, 0.717) is 23.1 Å². The first-order chi connectivity index (χ1) is 11.5. The Hall–Kier alpha value is -1.29. The summed E-state index contributed by atoms with van der Waals surface area (Å²) in [6, 6.07) is 3.89. The Morgan fingerprint density at radius 2 is 2.21 bits per heavy atom. The number of piperidine rings is 1. The predicted molar refractivity (Wildman–Crippen MR) is 89.7 cm³/mol. The van der Waals surface area contributed by atoms with E-state index in [2.05, 4.69) is 14.5 Å². The van der Waals surface area contributed by atoms with Gasteiger partial charge in [-0.2, -0.15) is 0 Å². The fourth-order valence-electron chi connectivity index (χ4n) is 3.06. The smallest absolute Gasteiger partial charge is 0.188 e. The van der Waals surface area contributed by atoms with Crippen molar-refractivity contribution in [3.05, 3.63) is 29.3 Å². The van der Waals surface area contributed by atoms with Crippen LogP contribution >= 0.6 is 11.5 Å². The highest BCUT2D eigenvalue weighted by molar-refractivity contribution is 7.92. The molecule has 2 aromatic rings. The summed E-state index contributed by atoms with van der Waals surface area (Å²) in [6.07, 6.45) is 3.14. The van der Waals surface area contributed by atoms with Gasteiger partial charge in [-0.25, -0.2) is 8.42 Å². The highest BCUT2D eigenvalue weighted by atomic mass is 32.2. The van der Waals surface area contributed by atoms with Gasteiger partial charge in [-0.05, 0) is 31.5 Å². The van der Waals surface area contributed by atoms with Crippen molar-refractivity contribution < 1.29 is 17.6 Å². The van der Waals surface area contributed by atoms with E-state index >= 15 is 0 Å². The lowest BCUT2D eigenvalue weighted by atomic mass is 9.95. The average molecular weight is 371 g/mol. The minimum atomic E-state index is -3.28. The maximum Gasteiger partial charge on any atom is 0.188 e. The van der Waals surface area contributed by atoms with Crippen molar-refractivity contribution in [2.45, 2.75) is 36.1 Å². The summed E-state index contributed by atoms with van der Waals surface area (Å²) in [5, 5.41) is 4.10. The van der Waals surface area contributed by atoms with Gasteiger partial charge in [0.1, 0.15) is 18.1 Å². The molecule has 24 heavy (non-hydrogen) atoms. The fraction of sp³-hybridized carbons (Fsp3) is 0.600. The van der Waals surface area contributed by atoms with Gasteiger partial charge in [0.15, 0.2) is 14.0 Å². The molecule has 0 amide bonds. The summed E-state index contributed by atoms with van der Waals surface area (Å²) < 4.78 is 38.7. The normalized spacial score (nSPS) is 19.7. The van der Waals surface area contributed by atoms with E-state index < -0.39 is 9.84 Å². The van der Waals surface area contributed by atoms with Crippen LogP contribution in [0.15, 0.2) is 20.8 Å². The summed E-state index contributed by atoms with van der Waals surface area (Å²) >= 11 is 0.964. The van der Waals surface area contributed by atoms with E-state index in [1.165, 1.54) is 6.26 Å². The first-order valence-corrected chi connectivity index (χ1v) is 10.4. The molecule has 1 saturated heterocycles. The molecule has 0 saturated carbocycles. The summed E-state index contributed by atoms with van der Waals surface area (Å²) in [5.41, 5.74) is 0.617. The van der Waals surface area contributed by atoms with Gasteiger partial charge in [0.05, 0.1) is 12.2 Å². The fourth-order valence-corrected chi connectivity index (χ4v) is 4.80. The van der Waals surface area contributed by atoms with E-state index in [4.69, 9.17) is 9.15 Å². The third-order valence-corrected chi connectivity index (χ3v) is 6.65. The largest absolute Gasteiger partial charge is 0.462 e. The highest BCUT2D eigenvalue weighted by Crippen LogP contribution is 2.32. The lowest BCUT2D eigenvalue weighted by Crippen LogP contribution is -2.34. The van der Waals surface area contributed by atoms with Crippen LogP contribution in [0.3, 0.4) is 0 Å². The van der Waals surface area contributed by atoms with Gasteiger partial charge >= 0.3 is 0 Å². The number of likely N-dealkylation sites (tertiary alicyclic amines) is 1. The van der Waals surface area contributed by atoms with Crippen LogP contribution in [0.25, 0.3) is 0 Å². The monoisotopic (exact) mass is 371 g/mol. The second-order valence-electron chi connectivity index (χ2n) is 6.09. The van der Waals surface area contributed by atoms with Crippen LogP contribution in [0.5, 0.6) is 0 Å². The number of hydrogen-bond donors (Lipinski definition) is 0. The number of nitrogens with zero attached hydrogens (tertiary/aromatic N) is 3. The molecule has 7 nitrogen and oxygen atoms in total. The van der Waals surface area contributed by atoms with Gasteiger partial charge in [-0.1, -0.05) is 4.49 Å². The summed E-state index contributed by atoms with van der Waals surface area (Å²) in [5.74, 6) is 1.79. The van der Waals surface area contributed by atoms with Crippen LogP contribution in [0.2, 0.25) is 0 Å². The van der Waals surface area contributed by atoms with Crippen LogP contribution in [-0.2, 0) is 27.7 Å². The van der Waals surface area contributed by atoms with E-state index in [9.17, 15) is 8.42 Å². The maximum atomic E-state index is 11.9. The Bertz CT molecular complexity index is 784. The summed E-state index contributed by atoms with van der Waals surface area (Å²) in [7, 11) is -1.64. The van der Waals surface area contributed by atoms with Gasteiger partial charge in [-0.15, -0.1) is 5.10 Å². The molecule has 9 heteroatoms. The Balaban J connectivity index is 1.69. The first kappa shape index (κ1) is 17.5. The predicted octanol–water partition coefficient (Wildman–Crippen LogP) is 2.06. The average Bonchev–Trinajstić information content (AvgIpc) is 3.17. The third kappa shape index (κ3) is 4.02. The number of methoxy groups -OCH3 is 1. The molecule has 0 unspecified atom stereocenters. The molecule has 0 spiro atoms. The van der Waals surface area contributed by atoms with Crippen LogP contribution in [0.1, 0.15) is 36.0 Å². The molecule has 1 aliphatic heterocycles. The molecule has 1 atom stereocenters. The lowest BCUT2D eigenvalue weighted by molar-refractivity contribution is 0.153. The van der Waals surface area contributed by atoms with Gasteiger partial charge in [0.2, 0.25) is 0 Å². The SMILES string of the molecule is COCc1ccc(CN2CCC[C@@H](c3nnsc3S(C)(=O)=O)C2)o1. The first-order valence-electron chi connectivity index (χ1n) is 7.78. The zero-order valence-corrected chi connectivity index (χ0v) is 15.4. The lowest BCUT2D eigenvalue weighted by Gasteiger charge is -2.31. The van der Waals surface area contributed by atoms with Crippen molar-refractivity contribution in [1.29, 1.82) is 0 Å². The van der Waals surface area contributed by atoms with Crippen LogP contribution in [0, 0.1) is 0 Å². The van der Waals surface area contributed by atoms with Gasteiger partial charge in [0.25, 0.3) is 0 Å². The topological polar surface area (TPSA) is 85.5 Å². The molecular weight excluding hydrogens is 350 g/mol. The number of rotatable bonds is 6. The molecule has 0 bridgehead atoms. The number of sulfone groups is 1. The van der Waals surface area contributed by atoms with Gasteiger partial charge in [0, 0.05) is 37.4 Å². The van der Waals surface area contributed by atoms with Crippen LogP contribution in [0.4, 0.5) is 0 Å². The van der Waals surface area contributed by atoms with Gasteiger partial charge < -0.3 is 9.15 Å². The van der Waals surface area contributed by atoms with E-state index in [1.54, 1.807) is 7.11 Å². The Labute approximate surface area is 145 Å². The van der Waals surface area contributed by atoms with Crippen molar-refractivity contribution in [3.8, 4) is 0 Å². The minimum Gasteiger partial charge on any atom is -0.462 e. The molecule has 1 fully saturated rings. The molecule has 0 aliphatic carbocycles. The van der Waals surface area contributed by atoms with Crippen molar-refractivity contribution in [3.63, 3.8) is 0 Å².